The van der Waals surface area contributed by atoms with Crippen LogP contribution >= 0.6 is 23.4 Å². The van der Waals surface area contributed by atoms with E-state index in [0.717, 1.165) is 72.6 Å². The number of hydrogen-bond acceptors (Lipinski definition) is 7. The summed E-state index contributed by atoms with van der Waals surface area (Å²) in [5.74, 6) is 2.85. The molecule has 1 spiro atoms. The molecule has 0 bridgehead atoms. The minimum Gasteiger partial charge on any atom is -0.490 e. The summed E-state index contributed by atoms with van der Waals surface area (Å²) >= 11 is 8.25. The van der Waals surface area contributed by atoms with Crippen molar-refractivity contribution in [1.82, 2.24) is 9.97 Å². The number of hydrogen-bond donors (Lipinski definition) is 1. The van der Waals surface area contributed by atoms with Gasteiger partial charge in [-0.2, -0.15) is 0 Å². The number of aromatic carboxylic acids is 1. The van der Waals surface area contributed by atoms with Gasteiger partial charge in [0.05, 0.1) is 24.0 Å². The van der Waals surface area contributed by atoms with Crippen LogP contribution in [0.2, 0.25) is 23.2 Å². The van der Waals surface area contributed by atoms with Crippen LogP contribution in [0.5, 0.6) is 5.75 Å². The predicted molar refractivity (Wildman–Crippen MR) is 214 cm³/mol. The van der Waals surface area contributed by atoms with Gasteiger partial charge in [0, 0.05) is 41.7 Å². The second-order valence-corrected chi connectivity index (χ2v) is 23.3. The fourth-order valence-corrected chi connectivity index (χ4v) is 10.9. The van der Waals surface area contributed by atoms with E-state index < -0.39 is 14.3 Å². The molecule has 1 aliphatic heterocycles. The van der Waals surface area contributed by atoms with Gasteiger partial charge in [-0.25, -0.2) is 14.8 Å². The number of aryl methyl sites for hydroxylation is 1. The normalized spacial score (nSPS) is 26.5. The van der Waals surface area contributed by atoms with Crippen LogP contribution in [-0.4, -0.2) is 60.9 Å². The number of carboxylic acid groups (broad SMARTS) is 1. The first-order valence-corrected chi connectivity index (χ1v) is 23.4. The molecule has 10 heteroatoms. The van der Waals surface area contributed by atoms with E-state index in [1.165, 1.54) is 24.0 Å². The monoisotopic (exact) mass is 759 g/mol. The number of fused-ring (bicyclic) bond motifs is 3. The van der Waals surface area contributed by atoms with Crippen LogP contribution in [0.4, 0.5) is 5.69 Å². The Morgan fingerprint density at radius 3 is 2.62 bits per heavy atom. The van der Waals surface area contributed by atoms with Crippen molar-refractivity contribution in [2.45, 2.75) is 101 Å². The van der Waals surface area contributed by atoms with Gasteiger partial charge in [-0.1, -0.05) is 62.4 Å². The maximum atomic E-state index is 12.2. The average Bonchev–Trinajstić information content (AvgIpc) is 3.22. The number of carbonyl (C=O) groups is 1. The lowest BCUT2D eigenvalue weighted by Gasteiger charge is -2.48. The topological polar surface area (TPSA) is 84.8 Å². The molecule has 7 rings (SSSR count). The summed E-state index contributed by atoms with van der Waals surface area (Å²) in [7, 11) is -2.08. The summed E-state index contributed by atoms with van der Waals surface area (Å²) in [6.07, 6.45) is 16.4. The zero-order valence-electron chi connectivity index (χ0n) is 31.3. The number of thioether (sulfide) groups is 1. The van der Waals surface area contributed by atoms with Gasteiger partial charge in [-0.15, -0.1) is 0 Å². The van der Waals surface area contributed by atoms with Crippen molar-refractivity contribution in [3.05, 3.63) is 88.7 Å². The summed E-state index contributed by atoms with van der Waals surface area (Å²) in [6.45, 7) is 13.9. The van der Waals surface area contributed by atoms with Gasteiger partial charge in [0.15, 0.2) is 13.5 Å². The molecule has 2 fully saturated rings. The second-order valence-electron chi connectivity index (χ2n) is 17.2. The Kier molecular flexibility index (Phi) is 10.9. The standard InChI is InChI=1S/C42H54ClN3O4SSi/c1-41(2,3)52(4,5)50-37(17-12-28-9-10-32(28)25-51-40-44-20-7-21-45-40)34-15-11-31(34)24-46-26-42(19-6-8-29-22-33(43)14-16-35(29)42)27-49-38-18-13-30(39(47)48)23-36(38)46/h7,12-14,16-18,20-23,28,31-32,34,37H,6,8-11,15,19,24-27H2,1-5H3,(H,47,48)/b17-12-/t28-,31+,32-,34-,37+,42?/m1/s1. The maximum absolute atomic E-state index is 12.2. The molecule has 1 aromatic heterocycles. The molecule has 4 aliphatic rings. The molecule has 2 heterocycles. The number of ether oxygens (including phenoxy) is 1. The fourth-order valence-electron chi connectivity index (χ4n) is 8.42. The SMILES string of the molecule is CC(C)(C)[Si](C)(C)O[C@@H](/C=C\[C@H]1CC[C@@H]1CSc1ncccn1)[C@@H]1CC[C@H]1CN1CC2(CCCc3cc(Cl)ccc32)COc2ccc(C(=O)O)cc21. The lowest BCUT2D eigenvalue weighted by molar-refractivity contribution is 0.0519. The van der Waals surface area contributed by atoms with E-state index in [-0.39, 0.29) is 16.6 Å². The van der Waals surface area contributed by atoms with Gasteiger partial charge < -0.3 is 19.2 Å². The largest absolute Gasteiger partial charge is 0.490 e. The third kappa shape index (κ3) is 7.84. The number of aromatic nitrogens is 2. The lowest BCUT2D eigenvalue weighted by atomic mass is 9.68. The van der Waals surface area contributed by atoms with Crippen molar-refractivity contribution in [3.63, 3.8) is 0 Å². The molecule has 7 nitrogen and oxygen atoms in total. The summed E-state index contributed by atoms with van der Waals surface area (Å²) in [5.41, 5.74) is 3.59. The predicted octanol–water partition coefficient (Wildman–Crippen LogP) is 10.1. The summed E-state index contributed by atoms with van der Waals surface area (Å²) < 4.78 is 14.0. The van der Waals surface area contributed by atoms with E-state index in [1.54, 1.807) is 17.8 Å². The van der Waals surface area contributed by atoms with Crippen LogP contribution in [0.15, 0.2) is 72.2 Å². The van der Waals surface area contributed by atoms with Gasteiger partial charge in [-0.05, 0) is 134 Å². The maximum Gasteiger partial charge on any atom is 0.335 e. The zero-order valence-corrected chi connectivity index (χ0v) is 33.9. The number of rotatable bonds is 11. The Balaban J connectivity index is 1.15. The van der Waals surface area contributed by atoms with Crippen molar-refractivity contribution in [1.29, 1.82) is 0 Å². The molecule has 3 aliphatic carbocycles. The van der Waals surface area contributed by atoms with Crippen molar-refractivity contribution in [2.75, 3.05) is 30.3 Å². The van der Waals surface area contributed by atoms with Gasteiger partial charge in [-0.3, -0.25) is 0 Å². The molecule has 278 valence electrons. The number of allylic oxidation sites excluding steroid dienone is 1. The van der Waals surface area contributed by atoms with Gasteiger partial charge in [0.25, 0.3) is 0 Å². The first-order valence-electron chi connectivity index (χ1n) is 19.1. The molecular weight excluding hydrogens is 706 g/mol. The Hall–Kier alpha value is -2.85. The highest BCUT2D eigenvalue weighted by molar-refractivity contribution is 7.99. The van der Waals surface area contributed by atoms with Crippen LogP contribution < -0.4 is 9.64 Å². The fraction of sp³-hybridized carbons (Fsp3) is 0.548. The Morgan fingerprint density at radius 2 is 1.92 bits per heavy atom. The van der Waals surface area contributed by atoms with Gasteiger partial charge >= 0.3 is 5.97 Å². The summed E-state index contributed by atoms with van der Waals surface area (Å²) in [4.78, 5) is 23.5. The molecule has 1 N–H and O–H groups in total. The van der Waals surface area contributed by atoms with Gasteiger partial charge in [0.1, 0.15) is 5.75 Å². The number of carboxylic acids is 1. The summed E-state index contributed by atoms with van der Waals surface area (Å²) in [6, 6.07) is 13.6. The van der Waals surface area contributed by atoms with Crippen molar-refractivity contribution >= 4 is 43.3 Å². The van der Waals surface area contributed by atoms with Gasteiger partial charge in [0.2, 0.25) is 0 Å². The van der Waals surface area contributed by atoms with Crippen LogP contribution in [0.3, 0.4) is 0 Å². The number of anilines is 1. The molecular formula is C42H54ClN3O4SSi. The molecule has 6 atom stereocenters. The Bertz CT molecular complexity index is 1780. The second kappa shape index (κ2) is 15.1. The van der Waals surface area contributed by atoms with E-state index in [4.69, 9.17) is 20.8 Å². The Morgan fingerprint density at radius 1 is 1.13 bits per heavy atom. The first-order chi connectivity index (χ1) is 24.8. The molecule has 3 aromatic rings. The Labute approximate surface area is 320 Å². The molecule has 2 saturated carbocycles. The molecule has 0 saturated heterocycles. The van der Waals surface area contributed by atoms with Crippen LogP contribution in [0, 0.1) is 23.7 Å². The highest BCUT2D eigenvalue weighted by Crippen LogP contribution is 2.49. The van der Waals surface area contributed by atoms with E-state index >= 15 is 0 Å². The van der Waals surface area contributed by atoms with Crippen LogP contribution in [0.1, 0.15) is 80.8 Å². The summed E-state index contributed by atoms with van der Waals surface area (Å²) in [5, 5.41) is 11.7. The highest BCUT2D eigenvalue weighted by Gasteiger charge is 2.47. The highest BCUT2D eigenvalue weighted by atomic mass is 35.5. The zero-order chi connectivity index (χ0) is 36.7. The number of benzene rings is 2. The minimum atomic E-state index is -2.08. The lowest BCUT2D eigenvalue weighted by Crippen LogP contribution is -2.52. The van der Waals surface area contributed by atoms with E-state index in [9.17, 15) is 9.90 Å². The first kappa shape index (κ1) is 37.5. The third-order valence-electron chi connectivity index (χ3n) is 12.9. The van der Waals surface area contributed by atoms with E-state index in [2.05, 4.69) is 73.0 Å². The average molecular weight is 761 g/mol. The smallest absolute Gasteiger partial charge is 0.335 e. The van der Waals surface area contributed by atoms with Crippen molar-refractivity contribution in [3.8, 4) is 5.75 Å². The third-order valence-corrected chi connectivity index (χ3v) is 18.6. The van der Waals surface area contributed by atoms with Crippen LogP contribution in [0.25, 0.3) is 0 Å². The molecule has 0 amide bonds. The quantitative estimate of drug-likeness (QED) is 0.0896. The van der Waals surface area contributed by atoms with Crippen molar-refractivity contribution < 1.29 is 19.1 Å². The van der Waals surface area contributed by atoms with Crippen LogP contribution in [-0.2, 0) is 16.3 Å². The molecule has 1 unspecified atom stereocenters. The van der Waals surface area contributed by atoms with E-state index in [1.807, 2.05) is 36.7 Å². The molecule has 0 radical (unpaired) electrons. The number of halogens is 1. The molecule has 52 heavy (non-hydrogen) atoms. The molecule has 2 aromatic carbocycles. The minimum absolute atomic E-state index is 0.0468. The number of nitrogens with zero attached hydrogens (tertiary/aromatic N) is 3. The van der Waals surface area contributed by atoms with E-state index in [0.29, 0.717) is 35.8 Å². The van der Waals surface area contributed by atoms with Crippen molar-refractivity contribution in [2.24, 2.45) is 23.7 Å².